The standard InChI is InChI=1S/C17H18N4O2S/c1-21-9-7-19-17(21)24-10-8-18-16(22)13-11-15(23-2)20-14-6-4-3-5-12(13)14/h3-7,9,11H,8,10H2,1-2H3,(H,18,22). The molecule has 0 saturated carbocycles. The molecule has 1 N–H and O–H groups in total. The Morgan fingerprint density at radius 1 is 1.38 bits per heavy atom. The summed E-state index contributed by atoms with van der Waals surface area (Å²) in [6, 6.07) is 9.21. The number of aryl methyl sites for hydroxylation is 1. The Morgan fingerprint density at radius 3 is 2.96 bits per heavy atom. The number of methoxy groups -OCH3 is 1. The van der Waals surface area contributed by atoms with E-state index in [9.17, 15) is 4.79 Å². The lowest BCUT2D eigenvalue weighted by molar-refractivity contribution is 0.0957. The molecule has 0 aliphatic heterocycles. The summed E-state index contributed by atoms with van der Waals surface area (Å²) in [6.07, 6.45) is 3.66. The van der Waals surface area contributed by atoms with Gasteiger partial charge < -0.3 is 14.6 Å². The highest BCUT2D eigenvalue weighted by Crippen LogP contribution is 2.22. The lowest BCUT2D eigenvalue weighted by atomic mass is 10.1. The molecule has 124 valence electrons. The number of benzene rings is 1. The highest BCUT2D eigenvalue weighted by atomic mass is 32.2. The molecule has 3 rings (SSSR count). The Bertz CT molecular complexity index is 863. The molecular weight excluding hydrogens is 324 g/mol. The van der Waals surface area contributed by atoms with Crippen LogP contribution in [0.5, 0.6) is 5.88 Å². The first-order valence-corrected chi connectivity index (χ1v) is 8.49. The molecule has 2 aromatic heterocycles. The maximum Gasteiger partial charge on any atom is 0.252 e. The summed E-state index contributed by atoms with van der Waals surface area (Å²) in [5.74, 6) is 1.05. The number of pyridine rings is 1. The van der Waals surface area contributed by atoms with Gasteiger partial charge in [-0.15, -0.1) is 0 Å². The van der Waals surface area contributed by atoms with Gasteiger partial charge in [0.25, 0.3) is 5.91 Å². The third kappa shape index (κ3) is 3.51. The first kappa shape index (κ1) is 16.3. The molecule has 3 aromatic rings. The van der Waals surface area contributed by atoms with Gasteiger partial charge in [0.1, 0.15) is 0 Å². The van der Waals surface area contributed by atoms with Crippen LogP contribution < -0.4 is 10.1 Å². The molecule has 0 unspecified atom stereocenters. The number of nitrogens with one attached hydrogen (secondary N) is 1. The first-order chi connectivity index (χ1) is 11.7. The van der Waals surface area contributed by atoms with Crippen molar-refractivity contribution in [1.29, 1.82) is 0 Å². The SMILES string of the molecule is COc1cc(C(=O)NCCSc2nccn2C)c2ccccc2n1. The molecule has 6 nitrogen and oxygen atoms in total. The van der Waals surface area contributed by atoms with Gasteiger partial charge in [0.05, 0.1) is 18.2 Å². The number of hydrogen-bond donors (Lipinski definition) is 1. The average Bonchev–Trinajstić information content (AvgIpc) is 3.02. The van der Waals surface area contributed by atoms with Crippen molar-refractivity contribution in [1.82, 2.24) is 19.9 Å². The van der Waals surface area contributed by atoms with Gasteiger partial charge in [0.2, 0.25) is 5.88 Å². The second-order valence-corrected chi connectivity index (χ2v) is 6.22. The first-order valence-electron chi connectivity index (χ1n) is 7.51. The number of ether oxygens (including phenoxy) is 1. The van der Waals surface area contributed by atoms with E-state index in [1.807, 2.05) is 42.1 Å². The van der Waals surface area contributed by atoms with Gasteiger partial charge in [-0.25, -0.2) is 9.97 Å². The fourth-order valence-electron chi connectivity index (χ4n) is 2.34. The monoisotopic (exact) mass is 342 g/mol. The van der Waals surface area contributed by atoms with Gasteiger partial charge in [0.15, 0.2) is 5.16 Å². The minimum atomic E-state index is -0.132. The molecule has 0 atom stereocenters. The van der Waals surface area contributed by atoms with E-state index in [2.05, 4.69) is 15.3 Å². The maximum absolute atomic E-state index is 12.5. The molecule has 0 aliphatic carbocycles. The van der Waals surface area contributed by atoms with Crippen molar-refractivity contribution in [2.45, 2.75) is 5.16 Å². The van der Waals surface area contributed by atoms with Crippen molar-refractivity contribution in [3.8, 4) is 5.88 Å². The smallest absolute Gasteiger partial charge is 0.252 e. The van der Waals surface area contributed by atoms with Crippen LogP contribution in [-0.2, 0) is 7.05 Å². The van der Waals surface area contributed by atoms with Crippen LogP contribution in [0.25, 0.3) is 10.9 Å². The van der Waals surface area contributed by atoms with Crippen molar-refractivity contribution < 1.29 is 9.53 Å². The molecule has 7 heteroatoms. The minimum absolute atomic E-state index is 0.132. The van der Waals surface area contributed by atoms with E-state index in [1.165, 1.54) is 0 Å². The normalized spacial score (nSPS) is 10.8. The Hall–Kier alpha value is -2.54. The number of hydrogen-bond acceptors (Lipinski definition) is 5. The molecule has 1 amide bonds. The van der Waals surface area contributed by atoms with Crippen molar-refractivity contribution in [3.05, 3.63) is 48.3 Å². The molecule has 24 heavy (non-hydrogen) atoms. The van der Waals surface area contributed by atoms with Crippen LogP contribution in [0.1, 0.15) is 10.4 Å². The largest absolute Gasteiger partial charge is 0.481 e. The summed E-state index contributed by atoms with van der Waals surface area (Å²) < 4.78 is 7.15. The van der Waals surface area contributed by atoms with Gasteiger partial charge in [-0.2, -0.15) is 0 Å². The van der Waals surface area contributed by atoms with Gasteiger partial charge in [0, 0.05) is 43.2 Å². The number of aromatic nitrogens is 3. The number of para-hydroxylation sites is 1. The molecule has 0 aliphatic rings. The Labute approximate surface area is 144 Å². The van der Waals surface area contributed by atoms with Crippen molar-refractivity contribution in [2.24, 2.45) is 7.05 Å². The summed E-state index contributed by atoms with van der Waals surface area (Å²) >= 11 is 1.60. The summed E-state index contributed by atoms with van der Waals surface area (Å²) in [5.41, 5.74) is 1.31. The van der Waals surface area contributed by atoms with Crippen LogP contribution >= 0.6 is 11.8 Å². The maximum atomic E-state index is 12.5. The lowest BCUT2D eigenvalue weighted by Crippen LogP contribution is -2.26. The summed E-state index contributed by atoms with van der Waals surface area (Å²) in [6.45, 7) is 0.551. The fraction of sp³-hybridized carbons (Fsp3) is 0.235. The second-order valence-electron chi connectivity index (χ2n) is 5.15. The van der Waals surface area contributed by atoms with E-state index in [1.54, 1.807) is 31.1 Å². The topological polar surface area (TPSA) is 69.0 Å². The zero-order valence-electron chi connectivity index (χ0n) is 13.5. The summed E-state index contributed by atoms with van der Waals surface area (Å²) in [4.78, 5) is 21.1. The van der Waals surface area contributed by atoms with E-state index >= 15 is 0 Å². The van der Waals surface area contributed by atoms with Crippen LogP contribution in [0.4, 0.5) is 0 Å². The van der Waals surface area contributed by atoms with E-state index in [-0.39, 0.29) is 5.91 Å². The quantitative estimate of drug-likeness (QED) is 0.551. The fourth-order valence-corrected chi connectivity index (χ4v) is 3.12. The molecule has 0 radical (unpaired) electrons. The zero-order valence-corrected chi connectivity index (χ0v) is 14.3. The molecular formula is C17H18N4O2S. The highest BCUT2D eigenvalue weighted by molar-refractivity contribution is 7.99. The number of nitrogens with zero attached hydrogens (tertiary/aromatic N) is 3. The molecule has 0 fully saturated rings. The number of carbonyl (C=O) groups excluding carboxylic acids is 1. The lowest BCUT2D eigenvalue weighted by Gasteiger charge is -2.09. The van der Waals surface area contributed by atoms with Crippen LogP contribution in [0.15, 0.2) is 47.9 Å². The molecule has 2 heterocycles. The van der Waals surface area contributed by atoms with Gasteiger partial charge in [-0.1, -0.05) is 30.0 Å². The number of carbonyl (C=O) groups is 1. The summed E-state index contributed by atoms with van der Waals surface area (Å²) in [7, 11) is 3.49. The van der Waals surface area contributed by atoms with Gasteiger partial charge >= 0.3 is 0 Å². The molecule has 1 aromatic carbocycles. The third-order valence-corrected chi connectivity index (χ3v) is 4.60. The Kier molecular flexibility index (Phi) is 5.00. The van der Waals surface area contributed by atoms with E-state index in [0.29, 0.717) is 18.0 Å². The number of fused-ring (bicyclic) bond motifs is 1. The average molecular weight is 342 g/mol. The number of thioether (sulfide) groups is 1. The third-order valence-electron chi connectivity index (χ3n) is 3.54. The predicted molar refractivity (Wildman–Crippen MR) is 94.6 cm³/mol. The number of rotatable bonds is 6. The minimum Gasteiger partial charge on any atom is -0.481 e. The second kappa shape index (κ2) is 7.35. The van der Waals surface area contributed by atoms with E-state index in [4.69, 9.17) is 4.74 Å². The van der Waals surface area contributed by atoms with Crippen LogP contribution in [-0.4, -0.2) is 39.8 Å². The summed E-state index contributed by atoms with van der Waals surface area (Å²) in [5, 5.41) is 4.69. The van der Waals surface area contributed by atoms with E-state index in [0.717, 1.165) is 21.8 Å². The van der Waals surface area contributed by atoms with Crippen molar-refractivity contribution in [2.75, 3.05) is 19.4 Å². The predicted octanol–water partition coefficient (Wildman–Crippen LogP) is 2.50. The van der Waals surface area contributed by atoms with Gasteiger partial charge in [-0.3, -0.25) is 4.79 Å². The molecule has 0 saturated heterocycles. The van der Waals surface area contributed by atoms with Gasteiger partial charge in [-0.05, 0) is 6.07 Å². The van der Waals surface area contributed by atoms with Crippen LogP contribution in [0, 0.1) is 0 Å². The molecule has 0 bridgehead atoms. The zero-order chi connectivity index (χ0) is 16.9. The highest BCUT2D eigenvalue weighted by Gasteiger charge is 2.13. The van der Waals surface area contributed by atoms with Crippen LogP contribution in [0.3, 0.4) is 0 Å². The van der Waals surface area contributed by atoms with Crippen molar-refractivity contribution in [3.63, 3.8) is 0 Å². The number of imidazole rings is 1. The van der Waals surface area contributed by atoms with Crippen molar-refractivity contribution >= 4 is 28.6 Å². The number of amides is 1. The van der Waals surface area contributed by atoms with E-state index < -0.39 is 0 Å². The Balaban J connectivity index is 1.68. The Morgan fingerprint density at radius 2 is 2.21 bits per heavy atom. The van der Waals surface area contributed by atoms with Crippen LogP contribution in [0.2, 0.25) is 0 Å². The molecule has 0 spiro atoms.